The molecule has 0 aliphatic carbocycles. The molecule has 3 aromatic carbocycles. The van der Waals surface area contributed by atoms with Crippen molar-refractivity contribution in [1.29, 1.82) is 0 Å². The summed E-state index contributed by atoms with van der Waals surface area (Å²) < 4.78 is 18.5. The number of carbonyl (C=O) groups is 3. The molecule has 7 nitrogen and oxygen atoms in total. The maximum atomic E-state index is 13.4. The van der Waals surface area contributed by atoms with Crippen LogP contribution in [0, 0.1) is 5.82 Å². The lowest BCUT2D eigenvalue weighted by Crippen LogP contribution is -2.46. The van der Waals surface area contributed by atoms with Crippen LogP contribution in [0.1, 0.15) is 12.0 Å². The number of halogens is 2. The zero-order chi connectivity index (χ0) is 24.2. The summed E-state index contributed by atoms with van der Waals surface area (Å²) in [5.41, 5.74) is 1.47. The van der Waals surface area contributed by atoms with Crippen LogP contribution in [0.2, 0.25) is 5.02 Å². The zero-order valence-corrected chi connectivity index (χ0v) is 19.0. The number of anilines is 2. The van der Waals surface area contributed by atoms with Gasteiger partial charge in [-0.25, -0.2) is 14.1 Å². The topological polar surface area (TPSA) is 79.0 Å². The molecular formula is C25H21ClFN3O4. The predicted octanol–water partition coefficient (Wildman–Crippen LogP) is 4.85. The molecule has 1 atom stereocenters. The minimum Gasteiger partial charge on any atom is -0.497 e. The molecule has 4 amide bonds. The molecule has 0 aromatic heterocycles. The van der Waals surface area contributed by atoms with E-state index in [4.69, 9.17) is 16.3 Å². The number of imide groups is 1. The third-order valence-electron chi connectivity index (χ3n) is 5.45. The molecule has 0 spiro atoms. The number of rotatable bonds is 6. The number of hydrogen-bond donors (Lipinski definition) is 1. The third-order valence-corrected chi connectivity index (χ3v) is 5.70. The summed E-state index contributed by atoms with van der Waals surface area (Å²) in [6, 6.07) is 17.0. The van der Waals surface area contributed by atoms with Crippen molar-refractivity contribution in [1.82, 2.24) is 4.90 Å². The molecule has 0 saturated carbocycles. The van der Waals surface area contributed by atoms with Crippen molar-refractivity contribution >= 4 is 40.8 Å². The molecule has 1 fully saturated rings. The number of carbonyl (C=O) groups excluding carboxylic acids is 3. The highest BCUT2D eigenvalue weighted by molar-refractivity contribution is 6.31. The van der Waals surface area contributed by atoms with Gasteiger partial charge in [-0.1, -0.05) is 23.7 Å². The second-order valence-corrected chi connectivity index (χ2v) is 8.11. The molecule has 174 valence electrons. The molecule has 4 rings (SSSR count). The molecule has 9 heteroatoms. The van der Waals surface area contributed by atoms with Crippen LogP contribution < -0.4 is 15.0 Å². The molecule has 1 saturated heterocycles. The number of methoxy groups -OCH3 is 1. The fraction of sp³-hybridized carbons (Fsp3) is 0.160. The van der Waals surface area contributed by atoms with E-state index in [2.05, 4.69) is 5.32 Å². The van der Waals surface area contributed by atoms with Gasteiger partial charge in [-0.05, 0) is 66.2 Å². The number of urea groups is 1. The van der Waals surface area contributed by atoms with Gasteiger partial charge in [-0.3, -0.25) is 9.59 Å². The van der Waals surface area contributed by atoms with Crippen LogP contribution >= 0.6 is 11.6 Å². The number of nitrogens with zero attached hydrogens (tertiary/aromatic N) is 2. The second kappa shape index (κ2) is 9.93. The van der Waals surface area contributed by atoms with Gasteiger partial charge in [-0.15, -0.1) is 0 Å². The minimum absolute atomic E-state index is 0.000409. The van der Waals surface area contributed by atoms with Crippen molar-refractivity contribution in [3.63, 3.8) is 0 Å². The number of nitrogens with one attached hydrogen (secondary N) is 1. The number of hydrogen-bond acceptors (Lipinski definition) is 4. The van der Waals surface area contributed by atoms with Crippen molar-refractivity contribution in [2.75, 3.05) is 17.3 Å². The maximum absolute atomic E-state index is 13.4. The molecular weight excluding hydrogens is 461 g/mol. The van der Waals surface area contributed by atoms with E-state index in [1.807, 2.05) is 0 Å². The molecule has 0 radical (unpaired) electrons. The summed E-state index contributed by atoms with van der Waals surface area (Å²) in [6.07, 6.45) is -0.182. The average molecular weight is 482 g/mol. The highest BCUT2D eigenvalue weighted by Crippen LogP contribution is 2.28. The van der Waals surface area contributed by atoms with E-state index in [-0.39, 0.29) is 13.0 Å². The van der Waals surface area contributed by atoms with Gasteiger partial charge in [-0.2, -0.15) is 0 Å². The monoisotopic (exact) mass is 481 g/mol. The van der Waals surface area contributed by atoms with Crippen molar-refractivity contribution in [3.8, 4) is 5.75 Å². The Bertz CT molecular complexity index is 1200. The van der Waals surface area contributed by atoms with Gasteiger partial charge < -0.3 is 15.0 Å². The third kappa shape index (κ3) is 5.02. The standard InChI is InChI=1S/C25H21ClFN3O4/c1-34-21-12-8-19(9-13-21)28-25(33)29(15-16-2-6-18(27)7-3-16)22-14-23(31)30(24(22)32)20-10-4-17(26)5-11-20/h2-13,22H,14-15H2,1H3,(H,28,33)/t22-/m0/s1. The van der Waals surface area contributed by atoms with E-state index in [1.165, 1.54) is 36.3 Å². The van der Waals surface area contributed by atoms with E-state index >= 15 is 0 Å². The molecule has 3 aromatic rings. The van der Waals surface area contributed by atoms with E-state index in [9.17, 15) is 18.8 Å². The van der Waals surface area contributed by atoms with E-state index in [1.54, 1.807) is 48.5 Å². The number of benzene rings is 3. The van der Waals surface area contributed by atoms with E-state index in [0.717, 1.165) is 4.90 Å². The smallest absolute Gasteiger partial charge is 0.322 e. The lowest BCUT2D eigenvalue weighted by Gasteiger charge is -2.28. The van der Waals surface area contributed by atoms with Gasteiger partial charge >= 0.3 is 6.03 Å². The Hall–Kier alpha value is -3.91. The van der Waals surface area contributed by atoms with Gasteiger partial charge in [0.25, 0.3) is 5.91 Å². The van der Waals surface area contributed by atoms with Gasteiger partial charge in [0, 0.05) is 17.3 Å². The summed E-state index contributed by atoms with van der Waals surface area (Å²) in [5.74, 6) is -0.756. The summed E-state index contributed by atoms with van der Waals surface area (Å²) >= 11 is 5.93. The van der Waals surface area contributed by atoms with Crippen molar-refractivity contribution in [2.45, 2.75) is 19.0 Å². The maximum Gasteiger partial charge on any atom is 0.322 e. The van der Waals surface area contributed by atoms with Crippen LogP contribution in [-0.2, 0) is 16.1 Å². The average Bonchev–Trinajstić information content (AvgIpc) is 3.13. The Morgan fingerprint density at radius 2 is 1.71 bits per heavy atom. The minimum atomic E-state index is -1.04. The SMILES string of the molecule is COc1ccc(NC(=O)N(Cc2ccc(F)cc2)[C@H]2CC(=O)N(c3ccc(Cl)cc3)C2=O)cc1. The molecule has 1 aliphatic rings. The Labute approximate surface area is 200 Å². The first-order valence-corrected chi connectivity index (χ1v) is 10.8. The largest absolute Gasteiger partial charge is 0.497 e. The molecule has 34 heavy (non-hydrogen) atoms. The fourth-order valence-electron chi connectivity index (χ4n) is 3.70. The van der Waals surface area contributed by atoms with Gasteiger partial charge in [0.05, 0.1) is 19.2 Å². The summed E-state index contributed by atoms with van der Waals surface area (Å²) in [5, 5.41) is 3.23. The fourth-order valence-corrected chi connectivity index (χ4v) is 3.83. The lowest BCUT2D eigenvalue weighted by atomic mass is 10.1. The highest BCUT2D eigenvalue weighted by atomic mass is 35.5. The van der Waals surface area contributed by atoms with Crippen LogP contribution in [-0.4, -0.2) is 35.9 Å². The molecule has 1 aliphatic heterocycles. The molecule has 1 heterocycles. The first-order valence-electron chi connectivity index (χ1n) is 10.4. The molecule has 0 bridgehead atoms. The first-order chi connectivity index (χ1) is 16.4. The van der Waals surface area contributed by atoms with Crippen molar-refractivity contribution in [2.24, 2.45) is 0 Å². The van der Waals surface area contributed by atoms with Gasteiger partial charge in [0.15, 0.2) is 0 Å². The van der Waals surface area contributed by atoms with E-state index < -0.39 is 29.7 Å². The molecule has 1 N–H and O–H groups in total. The summed E-state index contributed by atoms with van der Waals surface area (Å²) in [4.78, 5) is 41.7. The van der Waals surface area contributed by atoms with Gasteiger partial charge in [0.2, 0.25) is 5.91 Å². The molecule has 0 unspecified atom stereocenters. The van der Waals surface area contributed by atoms with Gasteiger partial charge in [0.1, 0.15) is 17.6 Å². The van der Waals surface area contributed by atoms with Crippen molar-refractivity contribution < 1.29 is 23.5 Å². The van der Waals surface area contributed by atoms with Crippen LogP contribution in [0.4, 0.5) is 20.6 Å². The van der Waals surface area contributed by atoms with Crippen LogP contribution in [0.15, 0.2) is 72.8 Å². The van der Waals surface area contributed by atoms with E-state index in [0.29, 0.717) is 27.7 Å². The zero-order valence-electron chi connectivity index (χ0n) is 18.2. The van der Waals surface area contributed by atoms with Crippen LogP contribution in [0.25, 0.3) is 0 Å². The quantitative estimate of drug-likeness (QED) is 0.510. The highest BCUT2D eigenvalue weighted by Gasteiger charge is 2.44. The Kier molecular flexibility index (Phi) is 6.79. The number of ether oxygens (including phenoxy) is 1. The summed E-state index contributed by atoms with van der Waals surface area (Å²) in [6.45, 7) is 0.000409. The van der Waals surface area contributed by atoms with Crippen LogP contribution in [0.3, 0.4) is 0 Å². The van der Waals surface area contributed by atoms with Crippen molar-refractivity contribution in [3.05, 3.63) is 89.2 Å². The van der Waals surface area contributed by atoms with Crippen LogP contribution in [0.5, 0.6) is 5.75 Å². The summed E-state index contributed by atoms with van der Waals surface area (Å²) in [7, 11) is 1.53. The Balaban J connectivity index is 1.61. The number of amides is 4. The lowest BCUT2D eigenvalue weighted by molar-refractivity contribution is -0.122. The normalized spacial score (nSPS) is 15.4. The predicted molar refractivity (Wildman–Crippen MR) is 126 cm³/mol. The second-order valence-electron chi connectivity index (χ2n) is 7.68. The Morgan fingerprint density at radius 3 is 2.32 bits per heavy atom. The Morgan fingerprint density at radius 1 is 1.06 bits per heavy atom. The first kappa shape index (κ1) is 23.3.